The van der Waals surface area contributed by atoms with Crippen molar-refractivity contribution in [1.29, 1.82) is 0 Å². The number of benzene rings is 1. The molecule has 0 atom stereocenters. The molecule has 1 aromatic rings. The summed E-state index contributed by atoms with van der Waals surface area (Å²) in [7, 11) is 0. The standard InChI is InChI=1S/C12H17ClFN3/c1-12(2)4-3-5-17(12)11-8(16)6-7(15)9(13)10(11)14/h6H,3-5,15-16H2,1-2H3. The Kier molecular flexibility index (Phi) is 2.86. The van der Waals surface area contributed by atoms with E-state index in [1.54, 1.807) is 0 Å². The largest absolute Gasteiger partial charge is 0.397 e. The molecule has 0 aliphatic carbocycles. The van der Waals surface area contributed by atoms with E-state index >= 15 is 0 Å². The van der Waals surface area contributed by atoms with E-state index in [1.807, 2.05) is 4.90 Å². The summed E-state index contributed by atoms with van der Waals surface area (Å²) in [4.78, 5) is 1.98. The number of anilines is 3. The highest BCUT2D eigenvalue weighted by Gasteiger charge is 2.35. The van der Waals surface area contributed by atoms with Crippen LogP contribution in [0.2, 0.25) is 5.02 Å². The van der Waals surface area contributed by atoms with Crippen LogP contribution in [0.1, 0.15) is 26.7 Å². The zero-order valence-corrected chi connectivity index (χ0v) is 10.8. The molecule has 2 rings (SSSR count). The highest BCUT2D eigenvalue weighted by Crippen LogP contribution is 2.42. The molecule has 0 amide bonds. The Balaban J connectivity index is 2.56. The number of nitrogen functional groups attached to an aromatic ring is 2. The van der Waals surface area contributed by atoms with Crippen molar-refractivity contribution in [2.45, 2.75) is 32.2 Å². The Hall–Kier alpha value is -1.16. The molecule has 0 radical (unpaired) electrons. The van der Waals surface area contributed by atoms with E-state index in [2.05, 4.69) is 13.8 Å². The molecule has 0 spiro atoms. The topological polar surface area (TPSA) is 55.3 Å². The predicted octanol–water partition coefficient (Wildman–Crippen LogP) is 3.02. The van der Waals surface area contributed by atoms with Gasteiger partial charge in [0.1, 0.15) is 5.02 Å². The van der Waals surface area contributed by atoms with Gasteiger partial charge in [0.25, 0.3) is 0 Å². The van der Waals surface area contributed by atoms with Crippen molar-refractivity contribution in [2.75, 3.05) is 22.9 Å². The minimum Gasteiger partial charge on any atom is -0.397 e. The van der Waals surface area contributed by atoms with Crippen LogP contribution in [0.15, 0.2) is 6.07 Å². The van der Waals surface area contributed by atoms with E-state index in [1.165, 1.54) is 6.07 Å². The van der Waals surface area contributed by atoms with Gasteiger partial charge in [-0.25, -0.2) is 4.39 Å². The van der Waals surface area contributed by atoms with E-state index in [4.69, 9.17) is 23.1 Å². The lowest BCUT2D eigenvalue weighted by Crippen LogP contribution is -2.39. The minimum absolute atomic E-state index is 0.0445. The van der Waals surface area contributed by atoms with Gasteiger partial charge in [-0.2, -0.15) is 0 Å². The average Bonchev–Trinajstić information content (AvgIpc) is 2.56. The van der Waals surface area contributed by atoms with E-state index in [0.29, 0.717) is 11.4 Å². The van der Waals surface area contributed by atoms with E-state index < -0.39 is 5.82 Å². The number of halogens is 2. The van der Waals surface area contributed by atoms with Crippen LogP contribution >= 0.6 is 11.6 Å². The van der Waals surface area contributed by atoms with Crippen LogP contribution < -0.4 is 16.4 Å². The fourth-order valence-corrected chi connectivity index (χ4v) is 2.60. The molecule has 0 saturated carbocycles. The summed E-state index contributed by atoms with van der Waals surface area (Å²) in [6.45, 7) is 4.93. The maximum atomic E-state index is 14.2. The van der Waals surface area contributed by atoms with E-state index in [9.17, 15) is 4.39 Å². The predicted molar refractivity (Wildman–Crippen MR) is 70.9 cm³/mol. The summed E-state index contributed by atoms with van der Waals surface area (Å²) in [6.07, 6.45) is 2.03. The second kappa shape index (κ2) is 3.95. The van der Waals surface area contributed by atoms with Gasteiger partial charge in [-0.15, -0.1) is 0 Å². The molecule has 1 aliphatic heterocycles. The SMILES string of the molecule is CC1(C)CCCN1c1c(N)cc(N)c(Cl)c1F. The Bertz CT molecular complexity index is 460. The van der Waals surface area contributed by atoms with Gasteiger partial charge in [-0.05, 0) is 32.8 Å². The van der Waals surface area contributed by atoms with Crippen LogP contribution in [0.5, 0.6) is 0 Å². The highest BCUT2D eigenvalue weighted by molar-refractivity contribution is 6.33. The van der Waals surface area contributed by atoms with Crippen molar-refractivity contribution >= 4 is 28.7 Å². The molecule has 1 aromatic carbocycles. The van der Waals surface area contributed by atoms with Gasteiger partial charge >= 0.3 is 0 Å². The second-order valence-corrected chi connectivity index (χ2v) is 5.48. The van der Waals surface area contributed by atoms with Gasteiger partial charge < -0.3 is 16.4 Å². The summed E-state index contributed by atoms with van der Waals surface area (Å²) in [6, 6.07) is 1.52. The van der Waals surface area contributed by atoms with E-state index in [0.717, 1.165) is 19.4 Å². The van der Waals surface area contributed by atoms with Gasteiger partial charge in [0.15, 0.2) is 5.82 Å². The number of nitrogens with zero attached hydrogens (tertiary/aromatic N) is 1. The lowest BCUT2D eigenvalue weighted by molar-refractivity contribution is 0.507. The molecule has 94 valence electrons. The first-order chi connectivity index (χ1) is 7.84. The third-order valence-corrected chi connectivity index (χ3v) is 3.79. The Morgan fingerprint density at radius 2 is 2.00 bits per heavy atom. The first-order valence-electron chi connectivity index (χ1n) is 5.65. The molecule has 1 fully saturated rings. The molecule has 17 heavy (non-hydrogen) atoms. The van der Waals surface area contributed by atoms with Crippen LogP contribution in [-0.2, 0) is 0 Å². The van der Waals surface area contributed by atoms with Crippen LogP contribution in [0.25, 0.3) is 0 Å². The molecular formula is C12H17ClFN3. The summed E-state index contributed by atoms with van der Waals surface area (Å²) in [5.74, 6) is -0.515. The molecule has 1 heterocycles. The third-order valence-electron chi connectivity index (χ3n) is 3.41. The number of nitrogens with two attached hydrogens (primary N) is 2. The maximum absolute atomic E-state index is 14.2. The second-order valence-electron chi connectivity index (χ2n) is 5.10. The molecule has 3 nitrogen and oxygen atoms in total. The van der Waals surface area contributed by atoms with E-state index in [-0.39, 0.29) is 16.2 Å². The Morgan fingerprint density at radius 3 is 2.53 bits per heavy atom. The molecule has 4 N–H and O–H groups in total. The van der Waals surface area contributed by atoms with Crippen LogP contribution in [0.4, 0.5) is 21.5 Å². The summed E-state index contributed by atoms with van der Waals surface area (Å²) >= 11 is 5.84. The molecule has 0 aromatic heterocycles. The maximum Gasteiger partial charge on any atom is 0.169 e. The number of hydrogen-bond acceptors (Lipinski definition) is 3. The van der Waals surface area contributed by atoms with Gasteiger partial charge in [0, 0.05) is 12.1 Å². The number of hydrogen-bond donors (Lipinski definition) is 2. The van der Waals surface area contributed by atoms with Crippen LogP contribution in [0, 0.1) is 5.82 Å². The highest BCUT2D eigenvalue weighted by atomic mass is 35.5. The van der Waals surface area contributed by atoms with Gasteiger partial charge in [0.2, 0.25) is 0 Å². The van der Waals surface area contributed by atoms with Crippen molar-refractivity contribution in [3.63, 3.8) is 0 Å². The summed E-state index contributed by atoms with van der Waals surface area (Å²) in [5, 5.41) is -0.0445. The quantitative estimate of drug-likeness (QED) is 0.761. The molecule has 1 saturated heterocycles. The van der Waals surface area contributed by atoms with Gasteiger partial charge in [-0.3, -0.25) is 0 Å². The summed E-state index contributed by atoms with van der Waals surface area (Å²) in [5.41, 5.74) is 12.3. The van der Waals surface area contributed by atoms with Crippen LogP contribution in [0.3, 0.4) is 0 Å². The first-order valence-corrected chi connectivity index (χ1v) is 6.03. The van der Waals surface area contributed by atoms with Crippen molar-refractivity contribution in [3.8, 4) is 0 Å². The lowest BCUT2D eigenvalue weighted by atomic mass is 10.0. The molecule has 1 aliphatic rings. The Morgan fingerprint density at radius 1 is 1.35 bits per heavy atom. The zero-order valence-electron chi connectivity index (χ0n) is 10.1. The van der Waals surface area contributed by atoms with Crippen molar-refractivity contribution in [2.24, 2.45) is 0 Å². The third kappa shape index (κ3) is 1.90. The van der Waals surface area contributed by atoms with Crippen molar-refractivity contribution < 1.29 is 4.39 Å². The molecular weight excluding hydrogens is 241 g/mol. The smallest absolute Gasteiger partial charge is 0.169 e. The van der Waals surface area contributed by atoms with Crippen LogP contribution in [-0.4, -0.2) is 12.1 Å². The summed E-state index contributed by atoms with van der Waals surface area (Å²) < 4.78 is 14.2. The van der Waals surface area contributed by atoms with Crippen molar-refractivity contribution in [3.05, 3.63) is 16.9 Å². The average molecular weight is 258 g/mol. The fraction of sp³-hybridized carbons (Fsp3) is 0.500. The molecule has 0 bridgehead atoms. The normalized spacial score (nSPS) is 18.7. The van der Waals surface area contributed by atoms with Gasteiger partial charge in [0.05, 0.1) is 17.1 Å². The molecule has 0 unspecified atom stereocenters. The first kappa shape index (κ1) is 12.3. The lowest BCUT2D eigenvalue weighted by Gasteiger charge is -2.35. The van der Waals surface area contributed by atoms with Gasteiger partial charge in [-0.1, -0.05) is 11.6 Å². The Labute approximate surface area is 106 Å². The molecule has 5 heteroatoms. The van der Waals surface area contributed by atoms with Crippen molar-refractivity contribution in [1.82, 2.24) is 0 Å². The monoisotopic (exact) mass is 257 g/mol. The zero-order chi connectivity index (χ0) is 12.8. The number of rotatable bonds is 1. The fourth-order valence-electron chi connectivity index (χ4n) is 2.45. The minimum atomic E-state index is -0.515.